The highest BCUT2D eigenvalue weighted by molar-refractivity contribution is 6.02. The number of aryl methyl sites for hydroxylation is 2. The Morgan fingerprint density at radius 1 is 0.326 bits per heavy atom. The number of benzene rings is 6. The van der Waals surface area contributed by atoms with Crippen molar-refractivity contribution in [3.63, 3.8) is 0 Å². The number of aromatic nitrogens is 2. The molecule has 6 aromatic carbocycles. The van der Waals surface area contributed by atoms with Crippen LogP contribution in [0.25, 0.3) is 77.7 Å². The van der Waals surface area contributed by atoms with E-state index in [2.05, 4.69) is 172 Å². The summed E-state index contributed by atoms with van der Waals surface area (Å²) in [5, 5.41) is 2.27. The van der Waals surface area contributed by atoms with Gasteiger partial charge < -0.3 is 0 Å². The molecule has 2 heteroatoms. The molecule has 0 saturated heterocycles. The maximum absolute atomic E-state index is 5.13. The molecule has 0 saturated carbocycles. The van der Waals surface area contributed by atoms with Crippen molar-refractivity contribution in [1.82, 2.24) is 9.97 Å². The minimum absolute atomic E-state index is 0.979. The van der Waals surface area contributed by atoms with Crippen LogP contribution in [-0.2, 0) is 0 Å². The molecular formula is C44H32N2. The fraction of sp³-hybridized carbons (Fsp3) is 0.0455. The lowest BCUT2D eigenvalue weighted by atomic mass is 9.93. The first-order valence-corrected chi connectivity index (χ1v) is 15.7. The number of hydrogen-bond acceptors (Lipinski definition) is 2. The Morgan fingerprint density at radius 3 is 1.09 bits per heavy atom. The molecule has 0 bridgehead atoms. The summed E-state index contributed by atoms with van der Waals surface area (Å²) in [4.78, 5) is 10.3. The van der Waals surface area contributed by atoms with Crippen LogP contribution in [0.1, 0.15) is 11.1 Å². The Balaban J connectivity index is 1.30. The normalized spacial score (nSPS) is 11.3. The highest BCUT2D eigenvalue weighted by atomic mass is 14.7. The van der Waals surface area contributed by atoms with E-state index in [1.807, 2.05) is 0 Å². The first kappa shape index (κ1) is 27.7. The van der Waals surface area contributed by atoms with Crippen molar-refractivity contribution in [1.29, 1.82) is 0 Å². The molecule has 2 nitrogen and oxygen atoms in total. The van der Waals surface area contributed by atoms with Crippen LogP contribution in [0.2, 0.25) is 0 Å². The quantitative estimate of drug-likeness (QED) is 0.200. The smallest absolute Gasteiger partial charge is 0.0716 e. The Hall–Kier alpha value is -5.86. The molecule has 8 rings (SSSR count). The van der Waals surface area contributed by atoms with E-state index in [1.54, 1.807) is 0 Å². The molecule has 46 heavy (non-hydrogen) atoms. The molecule has 2 heterocycles. The Kier molecular flexibility index (Phi) is 6.96. The summed E-state index contributed by atoms with van der Waals surface area (Å²) in [6, 6.07) is 56.2. The topological polar surface area (TPSA) is 25.8 Å². The summed E-state index contributed by atoms with van der Waals surface area (Å²) in [5.41, 5.74) is 15.7. The van der Waals surface area contributed by atoms with Crippen LogP contribution in [-0.4, -0.2) is 9.97 Å². The lowest BCUT2D eigenvalue weighted by Crippen LogP contribution is -1.92. The lowest BCUT2D eigenvalue weighted by molar-refractivity contribution is 1.38. The second-order valence-electron chi connectivity index (χ2n) is 12.0. The van der Waals surface area contributed by atoms with E-state index in [-0.39, 0.29) is 0 Å². The van der Waals surface area contributed by atoms with Crippen LogP contribution in [0.15, 0.2) is 158 Å². The fourth-order valence-corrected chi connectivity index (χ4v) is 6.27. The SMILES string of the molecule is Cc1ccc(-c2cc(-c3ccccc3)c3cc(-c4ccc5nc(-c6ccc(C)cc6)cc(-c6ccccc6)c5c4)ccc3n2)cc1. The van der Waals surface area contributed by atoms with Gasteiger partial charge in [0.1, 0.15) is 0 Å². The van der Waals surface area contributed by atoms with Gasteiger partial charge >= 0.3 is 0 Å². The van der Waals surface area contributed by atoms with Crippen molar-refractivity contribution in [2.24, 2.45) is 0 Å². The van der Waals surface area contributed by atoms with Crippen molar-refractivity contribution in [3.8, 4) is 55.9 Å². The maximum Gasteiger partial charge on any atom is 0.0716 e. The highest BCUT2D eigenvalue weighted by Gasteiger charge is 2.14. The van der Waals surface area contributed by atoms with E-state index >= 15 is 0 Å². The minimum Gasteiger partial charge on any atom is -0.248 e. The van der Waals surface area contributed by atoms with Crippen LogP contribution < -0.4 is 0 Å². The molecule has 0 aliphatic carbocycles. The van der Waals surface area contributed by atoms with E-state index in [9.17, 15) is 0 Å². The number of nitrogens with zero attached hydrogens (tertiary/aromatic N) is 2. The average molecular weight is 589 g/mol. The molecule has 218 valence electrons. The third-order valence-electron chi connectivity index (χ3n) is 8.81. The molecule has 0 fully saturated rings. The standard InChI is InChI=1S/C44H32N2/c1-29-13-17-33(18-14-29)43-27-37(31-9-5-3-6-10-31)39-25-35(21-23-41(39)45-43)36-22-24-42-40(26-36)38(32-11-7-4-8-12-32)28-44(46-42)34-19-15-30(2)16-20-34/h3-28H,1-2H3. The molecule has 0 amide bonds. The van der Waals surface area contributed by atoms with E-state index < -0.39 is 0 Å². The molecule has 8 aromatic rings. The third kappa shape index (κ3) is 5.25. The summed E-state index contributed by atoms with van der Waals surface area (Å²) >= 11 is 0. The van der Waals surface area contributed by atoms with Crippen LogP contribution in [0.5, 0.6) is 0 Å². The van der Waals surface area contributed by atoms with Gasteiger partial charge in [-0.05, 0) is 83.6 Å². The Labute approximate surface area is 269 Å². The largest absolute Gasteiger partial charge is 0.248 e. The molecule has 0 unspecified atom stereocenters. The molecule has 0 N–H and O–H groups in total. The van der Waals surface area contributed by atoms with Gasteiger partial charge in [0.15, 0.2) is 0 Å². The van der Waals surface area contributed by atoms with Crippen molar-refractivity contribution in [2.75, 3.05) is 0 Å². The van der Waals surface area contributed by atoms with Gasteiger partial charge in [-0.2, -0.15) is 0 Å². The van der Waals surface area contributed by atoms with Gasteiger partial charge in [0.2, 0.25) is 0 Å². The number of rotatable bonds is 5. The Morgan fingerprint density at radius 2 is 0.696 bits per heavy atom. The Bertz CT molecular complexity index is 2170. The first-order valence-electron chi connectivity index (χ1n) is 15.7. The van der Waals surface area contributed by atoms with Gasteiger partial charge in [-0.3, -0.25) is 0 Å². The maximum atomic E-state index is 5.13. The summed E-state index contributed by atoms with van der Waals surface area (Å²) in [6.07, 6.45) is 0. The third-order valence-corrected chi connectivity index (χ3v) is 8.81. The fourth-order valence-electron chi connectivity index (χ4n) is 6.27. The second-order valence-corrected chi connectivity index (χ2v) is 12.0. The molecule has 0 aliphatic rings. The van der Waals surface area contributed by atoms with Crippen LogP contribution in [0.4, 0.5) is 0 Å². The second kappa shape index (κ2) is 11.6. The van der Waals surface area contributed by atoms with E-state index in [0.29, 0.717) is 0 Å². The van der Waals surface area contributed by atoms with E-state index in [1.165, 1.54) is 33.4 Å². The van der Waals surface area contributed by atoms with Crippen molar-refractivity contribution < 1.29 is 0 Å². The van der Waals surface area contributed by atoms with Gasteiger partial charge in [-0.15, -0.1) is 0 Å². The van der Waals surface area contributed by atoms with Gasteiger partial charge in [0.05, 0.1) is 22.4 Å². The van der Waals surface area contributed by atoms with Crippen molar-refractivity contribution in [2.45, 2.75) is 13.8 Å². The number of fused-ring (bicyclic) bond motifs is 2. The van der Waals surface area contributed by atoms with Gasteiger partial charge in [-0.25, -0.2) is 9.97 Å². The zero-order valence-corrected chi connectivity index (χ0v) is 25.9. The molecule has 0 aliphatic heterocycles. The predicted molar refractivity (Wildman–Crippen MR) is 194 cm³/mol. The average Bonchev–Trinajstić information content (AvgIpc) is 3.11. The minimum atomic E-state index is 0.979. The van der Waals surface area contributed by atoms with Crippen molar-refractivity contribution in [3.05, 3.63) is 169 Å². The van der Waals surface area contributed by atoms with Crippen LogP contribution in [0, 0.1) is 13.8 Å². The first-order chi connectivity index (χ1) is 22.6. The highest BCUT2D eigenvalue weighted by Crippen LogP contribution is 2.38. The predicted octanol–water partition coefficient (Wildman–Crippen LogP) is 11.7. The number of pyridine rings is 2. The summed E-state index contributed by atoms with van der Waals surface area (Å²) in [5.74, 6) is 0. The van der Waals surface area contributed by atoms with E-state index in [0.717, 1.165) is 55.4 Å². The molecule has 0 radical (unpaired) electrons. The van der Waals surface area contributed by atoms with Gasteiger partial charge in [-0.1, -0.05) is 132 Å². The van der Waals surface area contributed by atoms with Crippen LogP contribution >= 0.6 is 0 Å². The molecule has 0 atom stereocenters. The van der Waals surface area contributed by atoms with Crippen molar-refractivity contribution >= 4 is 21.8 Å². The molecular weight excluding hydrogens is 556 g/mol. The van der Waals surface area contributed by atoms with Gasteiger partial charge in [0.25, 0.3) is 0 Å². The monoisotopic (exact) mass is 588 g/mol. The summed E-state index contributed by atoms with van der Waals surface area (Å²) in [6.45, 7) is 4.23. The van der Waals surface area contributed by atoms with Gasteiger partial charge in [0, 0.05) is 21.9 Å². The summed E-state index contributed by atoms with van der Waals surface area (Å²) < 4.78 is 0. The van der Waals surface area contributed by atoms with Crippen LogP contribution in [0.3, 0.4) is 0 Å². The van der Waals surface area contributed by atoms with E-state index in [4.69, 9.17) is 9.97 Å². The zero-order chi connectivity index (χ0) is 31.0. The summed E-state index contributed by atoms with van der Waals surface area (Å²) in [7, 11) is 0. The molecule has 2 aromatic heterocycles. The number of hydrogen-bond donors (Lipinski definition) is 0. The zero-order valence-electron chi connectivity index (χ0n) is 25.9. The molecule has 0 spiro atoms. The lowest BCUT2D eigenvalue weighted by Gasteiger charge is -2.14.